The number of carbonyl (C=O) groups is 3. The van der Waals surface area contributed by atoms with Gasteiger partial charge in [0.15, 0.2) is 0 Å². The van der Waals surface area contributed by atoms with Gasteiger partial charge in [-0.25, -0.2) is 0 Å². The predicted molar refractivity (Wildman–Crippen MR) is 128 cm³/mol. The van der Waals surface area contributed by atoms with Crippen molar-refractivity contribution in [3.05, 3.63) is 24.3 Å². The molecule has 0 aromatic heterocycles. The van der Waals surface area contributed by atoms with Crippen LogP contribution >= 0.6 is 0 Å². The van der Waals surface area contributed by atoms with Gasteiger partial charge in [-0.15, -0.1) is 0 Å². The van der Waals surface area contributed by atoms with Crippen LogP contribution in [0, 0.1) is 0 Å². The largest absolute Gasteiger partial charge is 0.489 e. The van der Waals surface area contributed by atoms with Crippen molar-refractivity contribution in [1.29, 1.82) is 0 Å². The highest BCUT2D eigenvalue weighted by molar-refractivity contribution is 6.02. The molecule has 2 atom stereocenters. The van der Waals surface area contributed by atoms with E-state index in [1.807, 2.05) is 0 Å². The Bertz CT molecular complexity index is 827. The van der Waals surface area contributed by atoms with Crippen molar-refractivity contribution in [2.45, 2.75) is 82.3 Å². The quantitative estimate of drug-likeness (QED) is 0.321. The Hall–Kier alpha value is -2.65. The second-order valence-electron chi connectivity index (χ2n) is 9.20. The average Bonchev–Trinajstić information content (AvgIpc) is 2.95. The molecule has 0 spiro atoms. The van der Waals surface area contributed by atoms with Gasteiger partial charge < -0.3 is 20.3 Å². The molecule has 1 unspecified atom stereocenters. The third kappa shape index (κ3) is 7.70. The first-order chi connectivity index (χ1) is 16.5. The molecule has 1 aliphatic carbocycles. The van der Waals surface area contributed by atoms with Crippen molar-refractivity contribution in [1.82, 2.24) is 10.6 Å². The molecular formula is C25H37N3O6. The minimum Gasteiger partial charge on any atom is -0.489 e. The molecule has 0 saturated heterocycles. The smallest absolute Gasteiger partial charge is 0.323 e. The molecule has 1 aliphatic heterocycles. The lowest BCUT2D eigenvalue weighted by Gasteiger charge is -2.25. The number of nitrogens with one attached hydrogen (secondary N) is 2. The molecule has 1 heterocycles. The zero-order chi connectivity index (χ0) is 24.3. The van der Waals surface area contributed by atoms with Crippen LogP contribution in [0.2, 0.25) is 0 Å². The normalized spacial score (nSPS) is 19.7. The zero-order valence-corrected chi connectivity index (χ0v) is 19.7. The molecule has 9 nitrogen and oxygen atoms in total. The number of anilines is 1. The Morgan fingerprint density at radius 2 is 1.79 bits per heavy atom. The summed E-state index contributed by atoms with van der Waals surface area (Å²) in [5.41, 5.74) is 0.368. The predicted octanol–water partition coefficient (Wildman–Crippen LogP) is 2.78. The topological polar surface area (TPSA) is 128 Å². The summed E-state index contributed by atoms with van der Waals surface area (Å²) in [6, 6.07) is 5.51. The number of hydrogen-bond acceptors (Lipinski definition) is 6. The molecule has 0 bridgehead atoms. The van der Waals surface area contributed by atoms with Gasteiger partial charge >= 0.3 is 11.9 Å². The van der Waals surface area contributed by atoms with Crippen LogP contribution in [0.4, 0.5) is 5.69 Å². The van der Waals surface area contributed by atoms with Crippen molar-refractivity contribution >= 4 is 23.5 Å². The van der Waals surface area contributed by atoms with Crippen molar-refractivity contribution in [2.75, 3.05) is 24.6 Å². The van der Waals surface area contributed by atoms with E-state index in [1.165, 1.54) is 32.1 Å². The standard InChI is InChI=1S/C25H37N3O6/c29-23(30)16-28-21-13-7-8-14-22(21)34-17-20(24(28)31)27-19(25(32)33)12-6-1-2-9-15-26-18-10-4-3-5-11-18/h7-8,13-14,18-20,26-27H,1-6,9-12,15-17H2,(H,29,30)(H,32,33)/t19-,20?/m0/s1. The molecule has 1 aromatic rings. The van der Waals surface area contributed by atoms with E-state index in [-0.39, 0.29) is 6.61 Å². The fourth-order valence-corrected chi connectivity index (χ4v) is 4.73. The molecule has 1 saturated carbocycles. The summed E-state index contributed by atoms with van der Waals surface area (Å²) in [5.74, 6) is -2.29. The molecule has 0 radical (unpaired) electrons. The highest BCUT2D eigenvalue weighted by Gasteiger charge is 2.35. The van der Waals surface area contributed by atoms with Crippen LogP contribution in [0.3, 0.4) is 0 Å². The van der Waals surface area contributed by atoms with E-state index in [0.717, 1.165) is 37.1 Å². The van der Waals surface area contributed by atoms with Crippen molar-refractivity contribution in [2.24, 2.45) is 0 Å². The number of fused-ring (bicyclic) bond motifs is 1. The van der Waals surface area contributed by atoms with E-state index in [1.54, 1.807) is 24.3 Å². The molecule has 188 valence electrons. The lowest BCUT2D eigenvalue weighted by Crippen LogP contribution is -2.54. The molecule has 2 aliphatic rings. The number of unbranched alkanes of at least 4 members (excludes halogenated alkanes) is 3. The van der Waals surface area contributed by atoms with Crippen LogP contribution in [0.5, 0.6) is 5.75 Å². The maximum absolute atomic E-state index is 13.1. The summed E-state index contributed by atoms with van der Waals surface area (Å²) in [7, 11) is 0. The van der Waals surface area contributed by atoms with Crippen LogP contribution in [-0.2, 0) is 14.4 Å². The molecule has 34 heavy (non-hydrogen) atoms. The van der Waals surface area contributed by atoms with Gasteiger partial charge in [0.2, 0.25) is 5.91 Å². The molecule has 3 rings (SSSR count). The number of aliphatic carboxylic acids is 2. The SMILES string of the molecule is O=C(O)CN1C(=O)C(N[C@@H](CCCCCCNC2CCCCC2)C(=O)O)COc2ccccc21. The van der Waals surface area contributed by atoms with Crippen molar-refractivity contribution < 1.29 is 29.3 Å². The molecule has 1 aromatic carbocycles. The van der Waals surface area contributed by atoms with Crippen LogP contribution in [0.15, 0.2) is 24.3 Å². The van der Waals surface area contributed by atoms with E-state index >= 15 is 0 Å². The molecule has 1 amide bonds. The minimum absolute atomic E-state index is 0.0669. The number of hydrogen-bond donors (Lipinski definition) is 4. The maximum Gasteiger partial charge on any atom is 0.323 e. The first-order valence-corrected chi connectivity index (χ1v) is 12.4. The third-order valence-electron chi connectivity index (χ3n) is 6.58. The lowest BCUT2D eigenvalue weighted by atomic mass is 9.95. The Morgan fingerprint density at radius 3 is 2.53 bits per heavy atom. The molecule has 4 N–H and O–H groups in total. The average molecular weight is 476 g/mol. The second kappa shape index (κ2) is 13.3. The third-order valence-corrected chi connectivity index (χ3v) is 6.58. The highest BCUT2D eigenvalue weighted by Crippen LogP contribution is 2.31. The summed E-state index contributed by atoms with van der Waals surface area (Å²) in [6.07, 6.45) is 10.7. The van der Waals surface area contributed by atoms with E-state index in [0.29, 0.717) is 23.9 Å². The number of carboxylic acids is 2. The number of rotatable bonds is 13. The number of ether oxygens (including phenoxy) is 1. The van der Waals surface area contributed by atoms with Gasteiger partial charge in [-0.2, -0.15) is 0 Å². The number of nitrogens with zero attached hydrogens (tertiary/aromatic N) is 1. The Labute approximate surface area is 200 Å². The number of amides is 1. The fourth-order valence-electron chi connectivity index (χ4n) is 4.73. The number of benzene rings is 1. The van der Waals surface area contributed by atoms with E-state index < -0.39 is 36.5 Å². The Kier molecular flexibility index (Phi) is 10.2. The van der Waals surface area contributed by atoms with Crippen LogP contribution < -0.4 is 20.3 Å². The van der Waals surface area contributed by atoms with E-state index in [9.17, 15) is 24.6 Å². The summed E-state index contributed by atoms with van der Waals surface area (Å²) in [6.45, 7) is 0.408. The number of para-hydroxylation sites is 2. The first kappa shape index (κ1) is 26.0. The van der Waals surface area contributed by atoms with Gasteiger partial charge in [0, 0.05) is 6.04 Å². The van der Waals surface area contributed by atoms with Crippen molar-refractivity contribution in [3.63, 3.8) is 0 Å². The zero-order valence-electron chi connectivity index (χ0n) is 19.7. The van der Waals surface area contributed by atoms with Gasteiger partial charge in [0.05, 0.1) is 5.69 Å². The van der Waals surface area contributed by atoms with E-state index in [2.05, 4.69) is 10.6 Å². The Balaban J connectivity index is 1.47. The van der Waals surface area contributed by atoms with E-state index in [4.69, 9.17) is 4.74 Å². The number of carboxylic acid groups (broad SMARTS) is 2. The minimum atomic E-state index is -1.16. The lowest BCUT2D eigenvalue weighted by molar-refractivity contribution is -0.141. The van der Waals surface area contributed by atoms with Gasteiger partial charge in [-0.3, -0.25) is 24.6 Å². The molecular weight excluding hydrogens is 438 g/mol. The molecule has 1 fully saturated rings. The van der Waals surface area contributed by atoms with Crippen LogP contribution in [-0.4, -0.2) is 65.9 Å². The summed E-state index contributed by atoms with van der Waals surface area (Å²) in [4.78, 5) is 37.5. The van der Waals surface area contributed by atoms with Gasteiger partial charge in [0.1, 0.15) is 31.0 Å². The monoisotopic (exact) mass is 475 g/mol. The van der Waals surface area contributed by atoms with Gasteiger partial charge in [-0.1, -0.05) is 50.7 Å². The Morgan fingerprint density at radius 1 is 1.06 bits per heavy atom. The highest BCUT2D eigenvalue weighted by atomic mass is 16.5. The number of carbonyl (C=O) groups excluding carboxylic acids is 1. The van der Waals surface area contributed by atoms with Gasteiger partial charge in [-0.05, 0) is 44.4 Å². The summed E-state index contributed by atoms with van der Waals surface area (Å²) < 4.78 is 5.73. The second-order valence-corrected chi connectivity index (χ2v) is 9.20. The van der Waals surface area contributed by atoms with Crippen LogP contribution in [0.1, 0.15) is 64.2 Å². The maximum atomic E-state index is 13.1. The first-order valence-electron chi connectivity index (χ1n) is 12.4. The fraction of sp³-hybridized carbons (Fsp3) is 0.640. The summed E-state index contributed by atoms with van der Waals surface area (Å²) >= 11 is 0. The van der Waals surface area contributed by atoms with Crippen molar-refractivity contribution in [3.8, 4) is 5.75 Å². The molecule has 9 heteroatoms. The van der Waals surface area contributed by atoms with Gasteiger partial charge in [0.25, 0.3) is 0 Å². The summed E-state index contributed by atoms with van der Waals surface area (Å²) in [5, 5.41) is 25.5. The van der Waals surface area contributed by atoms with Crippen LogP contribution in [0.25, 0.3) is 0 Å².